The first-order valence-corrected chi connectivity index (χ1v) is 12.0. The third-order valence-electron chi connectivity index (χ3n) is 5.41. The maximum atomic E-state index is 12.4. The zero-order valence-electron chi connectivity index (χ0n) is 20.0. The van der Waals surface area contributed by atoms with E-state index in [0.29, 0.717) is 12.8 Å². The van der Waals surface area contributed by atoms with Crippen LogP contribution in [-0.2, 0) is 28.7 Å². The highest BCUT2D eigenvalue weighted by atomic mass is 16.5. The minimum atomic E-state index is -2.91. The fraction of sp³-hybridized carbons (Fsp3) is 0.833. The van der Waals surface area contributed by atoms with Crippen LogP contribution in [0.3, 0.4) is 0 Å². The second kappa shape index (κ2) is 17.6. The molecule has 0 aliphatic heterocycles. The molecule has 0 saturated heterocycles. The molecule has 0 spiro atoms. The molecule has 2 N–H and O–H groups in total. The van der Waals surface area contributed by atoms with E-state index in [4.69, 9.17) is 9.47 Å². The monoisotopic (exact) mass is 458 g/mol. The summed E-state index contributed by atoms with van der Waals surface area (Å²) in [5.74, 6) is -6.84. The van der Waals surface area contributed by atoms with Crippen LogP contribution in [0.25, 0.3) is 0 Å². The van der Waals surface area contributed by atoms with Gasteiger partial charge < -0.3 is 19.7 Å². The van der Waals surface area contributed by atoms with E-state index in [2.05, 4.69) is 13.8 Å². The van der Waals surface area contributed by atoms with E-state index in [1.165, 1.54) is 0 Å². The summed E-state index contributed by atoms with van der Waals surface area (Å²) in [5, 5.41) is 20.2. The predicted octanol–water partition coefficient (Wildman–Crippen LogP) is 4.20. The summed E-state index contributed by atoms with van der Waals surface area (Å²) >= 11 is 0. The number of carboxylic acid groups (broad SMARTS) is 1. The summed E-state index contributed by atoms with van der Waals surface area (Å²) in [4.78, 5) is 48.3. The Labute approximate surface area is 192 Å². The van der Waals surface area contributed by atoms with Crippen molar-refractivity contribution in [2.45, 2.75) is 110 Å². The third kappa shape index (κ3) is 12.2. The number of hydrogen-bond acceptors (Lipinski definition) is 7. The standard InChI is InChI=1S/C24H42O8/c1-4-6-8-10-12-14-16-31-20(26)18-24(30,23(28)29)21(19(3)25)22(27)32-17-15-13-11-9-7-5-2/h21,30H,4-18H2,1-3H3,(H,28,29). The van der Waals surface area contributed by atoms with Crippen LogP contribution in [0, 0.1) is 5.92 Å². The van der Waals surface area contributed by atoms with Gasteiger partial charge in [-0.15, -0.1) is 0 Å². The fourth-order valence-electron chi connectivity index (χ4n) is 3.48. The number of carbonyl (C=O) groups is 4. The molecular formula is C24H42O8. The number of aliphatic carboxylic acids is 1. The van der Waals surface area contributed by atoms with Crippen LogP contribution >= 0.6 is 0 Å². The van der Waals surface area contributed by atoms with Crippen molar-refractivity contribution in [3.05, 3.63) is 0 Å². The van der Waals surface area contributed by atoms with E-state index in [1.54, 1.807) is 0 Å². The average Bonchev–Trinajstić information content (AvgIpc) is 2.72. The van der Waals surface area contributed by atoms with E-state index in [-0.39, 0.29) is 13.2 Å². The molecule has 0 aromatic heterocycles. The molecule has 0 radical (unpaired) electrons. The van der Waals surface area contributed by atoms with E-state index in [0.717, 1.165) is 71.1 Å². The number of esters is 2. The van der Waals surface area contributed by atoms with Gasteiger partial charge in [-0.2, -0.15) is 0 Å². The first-order valence-electron chi connectivity index (χ1n) is 12.0. The average molecular weight is 459 g/mol. The van der Waals surface area contributed by atoms with Gasteiger partial charge in [0.15, 0.2) is 11.5 Å². The first-order chi connectivity index (χ1) is 15.2. The number of carbonyl (C=O) groups excluding carboxylic acids is 3. The molecule has 0 aromatic carbocycles. The van der Waals surface area contributed by atoms with Gasteiger partial charge in [-0.05, 0) is 19.8 Å². The Bertz CT molecular complexity index is 574. The summed E-state index contributed by atoms with van der Waals surface area (Å²) < 4.78 is 10.1. The summed E-state index contributed by atoms with van der Waals surface area (Å²) in [6, 6.07) is 0. The lowest BCUT2D eigenvalue weighted by atomic mass is 9.82. The molecule has 0 rings (SSSR count). The fourth-order valence-corrected chi connectivity index (χ4v) is 3.48. The minimum Gasteiger partial charge on any atom is -0.479 e. The predicted molar refractivity (Wildman–Crippen MR) is 120 cm³/mol. The third-order valence-corrected chi connectivity index (χ3v) is 5.41. The summed E-state index contributed by atoms with van der Waals surface area (Å²) in [6.45, 7) is 5.33. The molecule has 0 fully saturated rings. The highest BCUT2D eigenvalue weighted by molar-refractivity contribution is 6.05. The van der Waals surface area contributed by atoms with Crippen molar-refractivity contribution >= 4 is 23.7 Å². The van der Waals surface area contributed by atoms with Crippen molar-refractivity contribution in [2.75, 3.05) is 13.2 Å². The number of Topliss-reactive ketones (excluding diaryl/α,β-unsaturated/α-hetero) is 1. The van der Waals surface area contributed by atoms with Crippen molar-refractivity contribution in [3.8, 4) is 0 Å². The second-order valence-electron chi connectivity index (χ2n) is 8.37. The number of carboxylic acids is 1. The van der Waals surface area contributed by atoms with Gasteiger partial charge in [0.2, 0.25) is 0 Å². The molecule has 0 aliphatic rings. The lowest BCUT2D eigenvalue weighted by molar-refractivity contribution is -0.183. The van der Waals surface area contributed by atoms with Crippen LogP contribution in [-0.4, -0.2) is 52.7 Å². The molecule has 0 saturated carbocycles. The lowest BCUT2D eigenvalue weighted by Crippen LogP contribution is -2.54. The van der Waals surface area contributed by atoms with Crippen molar-refractivity contribution in [1.29, 1.82) is 0 Å². The van der Waals surface area contributed by atoms with Crippen LogP contribution in [0.1, 0.15) is 104 Å². The van der Waals surface area contributed by atoms with Gasteiger partial charge in [-0.3, -0.25) is 14.4 Å². The van der Waals surface area contributed by atoms with Gasteiger partial charge in [0.25, 0.3) is 0 Å². The molecule has 0 aromatic rings. The van der Waals surface area contributed by atoms with Crippen molar-refractivity contribution in [2.24, 2.45) is 5.92 Å². The van der Waals surface area contributed by atoms with Crippen LogP contribution < -0.4 is 0 Å². The number of ether oxygens (including phenoxy) is 2. The van der Waals surface area contributed by atoms with E-state index >= 15 is 0 Å². The van der Waals surface area contributed by atoms with Crippen molar-refractivity contribution in [1.82, 2.24) is 0 Å². The topological polar surface area (TPSA) is 127 Å². The highest BCUT2D eigenvalue weighted by Gasteiger charge is 2.53. The quantitative estimate of drug-likeness (QED) is 0.158. The van der Waals surface area contributed by atoms with Gasteiger partial charge >= 0.3 is 17.9 Å². The summed E-state index contributed by atoms with van der Waals surface area (Å²) in [5.41, 5.74) is -2.91. The first kappa shape index (κ1) is 30.0. The molecule has 8 heteroatoms. The maximum absolute atomic E-state index is 12.4. The largest absolute Gasteiger partial charge is 0.479 e. The van der Waals surface area contributed by atoms with Gasteiger partial charge in [0, 0.05) is 0 Å². The van der Waals surface area contributed by atoms with Gasteiger partial charge in [-0.1, -0.05) is 78.1 Å². The van der Waals surface area contributed by atoms with Crippen molar-refractivity contribution in [3.63, 3.8) is 0 Å². The maximum Gasteiger partial charge on any atom is 0.337 e. The molecule has 8 nitrogen and oxygen atoms in total. The molecular weight excluding hydrogens is 416 g/mol. The molecule has 2 unspecified atom stereocenters. The number of hydrogen-bond donors (Lipinski definition) is 2. The van der Waals surface area contributed by atoms with Crippen LogP contribution in [0.5, 0.6) is 0 Å². The Hall–Kier alpha value is -1.96. The molecule has 2 atom stereocenters. The number of unbranched alkanes of at least 4 members (excludes halogenated alkanes) is 10. The van der Waals surface area contributed by atoms with E-state index in [1.807, 2.05) is 0 Å². The minimum absolute atomic E-state index is 0.0207. The van der Waals surface area contributed by atoms with Gasteiger partial charge in [-0.25, -0.2) is 4.79 Å². The van der Waals surface area contributed by atoms with Gasteiger partial charge in [0.05, 0.1) is 19.6 Å². The Morgan fingerprint density at radius 1 is 0.750 bits per heavy atom. The highest BCUT2D eigenvalue weighted by Crippen LogP contribution is 2.26. The SMILES string of the molecule is CCCCCCCCOC(=O)CC(O)(C(=O)O)C(C(C)=O)C(=O)OCCCCCCCC. The number of aliphatic hydroxyl groups is 1. The number of ketones is 1. The molecule has 186 valence electrons. The number of rotatable bonds is 20. The van der Waals surface area contributed by atoms with Crippen LogP contribution in [0.15, 0.2) is 0 Å². The normalized spacial score (nSPS) is 13.8. The van der Waals surface area contributed by atoms with Crippen molar-refractivity contribution < 1.29 is 38.9 Å². The zero-order valence-corrected chi connectivity index (χ0v) is 20.0. The van der Waals surface area contributed by atoms with E-state index in [9.17, 15) is 29.4 Å². The zero-order chi connectivity index (χ0) is 24.4. The summed E-state index contributed by atoms with van der Waals surface area (Å²) in [7, 11) is 0. The Morgan fingerprint density at radius 2 is 1.19 bits per heavy atom. The molecule has 32 heavy (non-hydrogen) atoms. The smallest absolute Gasteiger partial charge is 0.337 e. The van der Waals surface area contributed by atoms with Crippen LogP contribution in [0.4, 0.5) is 0 Å². The lowest BCUT2D eigenvalue weighted by Gasteiger charge is -2.28. The molecule has 0 bridgehead atoms. The second-order valence-corrected chi connectivity index (χ2v) is 8.37. The molecule has 0 aliphatic carbocycles. The Balaban J connectivity index is 4.73. The Morgan fingerprint density at radius 3 is 1.62 bits per heavy atom. The van der Waals surface area contributed by atoms with Gasteiger partial charge in [0.1, 0.15) is 5.78 Å². The molecule has 0 amide bonds. The Kier molecular flexibility index (Phi) is 16.5. The van der Waals surface area contributed by atoms with Crippen LogP contribution in [0.2, 0.25) is 0 Å². The van der Waals surface area contributed by atoms with E-state index < -0.39 is 41.6 Å². The summed E-state index contributed by atoms with van der Waals surface area (Å²) in [6.07, 6.45) is 10.6. The molecule has 0 heterocycles.